The van der Waals surface area contributed by atoms with Gasteiger partial charge in [-0.2, -0.15) is 0 Å². The number of hydrogen-bond donors (Lipinski definition) is 0. The monoisotopic (exact) mass is 233 g/mol. The maximum Gasteiger partial charge on any atom is 0.211 e. The lowest BCUT2D eigenvalue weighted by Gasteiger charge is -2.02. The molecule has 0 spiro atoms. The molecule has 0 amide bonds. The maximum absolute atomic E-state index is 13.0. The second-order valence-corrected chi connectivity index (χ2v) is 3.68. The smallest absolute Gasteiger partial charge is 0.211 e. The van der Waals surface area contributed by atoms with E-state index in [-0.39, 0.29) is 11.3 Å². The number of rotatable bonds is 2. The van der Waals surface area contributed by atoms with Gasteiger partial charge in [-0.05, 0) is 42.8 Å². The minimum atomic E-state index is -1.04. The number of hydrogen-bond acceptors (Lipinski definition) is 2. The summed E-state index contributed by atoms with van der Waals surface area (Å²) < 4.78 is 25.7. The molecule has 0 radical (unpaired) electrons. The minimum Gasteiger partial charge on any atom is -0.287 e. The van der Waals surface area contributed by atoms with Crippen LogP contribution in [0.25, 0.3) is 0 Å². The van der Waals surface area contributed by atoms with Crippen molar-refractivity contribution in [2.24, 2.45) is 0 Å². The van der Waals surface area contributed by atoms with Gasteiger partial charge in [0.25, 0.3) is 0 Å². The number of halogens is 2. The van der Waals surface area contributed by atoms with E-state index in [1.165, 1.54) is 12.3 Å². The fraction of sp³-hybridized carbons (Fsp3) is 0.0769. The fourth-order valence-electron chi connectivity index (χ4n) is 1.45. The molecule has 0 N–H and O–H groups in total. The molecule has 0 aliphatic heterocycles. The topological polar surface area (TPSA) is 30.0 Å². The molecule has 1 heterocycles. The Morgan fingerprint density at radius 2 is 1.88 bits per heavy atom. The van der Waals surface area contributed by atoms with E-state index in [4.69, 9.17) is 0 Å². The summed E-state index contributed by atoms with van der Waals surface area (Å²) in [5.41, 5.74) is 1.18. The van der Waals surface area contributed by atoms with Crippen LogP contribution in [0.4, 0.5) is 8.78 Å². The van der Waals surface area contributed by atoms with E-state index in [1.807, 2.05) is 6.92 Å². The molecule has 4 heteroatoms. The minimum absolute atomic E-state index is 0.0852. The van der Waals surface area contributed by atoms with Gasteiger partial charge in [0.05, 0.1) is 0 Å². The summed E-state index contributed by atoms with van der Waals surface area (Å²) in [6.07, 6.45) is 1.50. The first kappa shape index (κ1) is 11.4. The number of nitrogens with zero attached hydrogens (tertiary/aromatic N) is 1. The standard InChI is InChI=1S/C13H9F2NO/c1-8-4-5-16-12(6-8)13(17)9-2-3-10(14)11(15)7-9/h2-7H,1H3. The number of benzene rings is 1. The number of aryl methyl sites for hydroxylation is 1. The molecule has 0 atom stereocenters. The van der Waals surface area contributed by atoms with Crippen LogP contribution >= 0.6 is 0 Å². The van der Waals surface area contributed by atoms with Crippen LogP contribution in [0.1, 0.15) is 21.6 Å². The Balaban J connectivity index is 2.40. The molecule has 0 bridgehead atoms. The highest BCUT2D eigenvalue weighted by Gasteiger charge is 2.13. The SMILES string of the molecule is Cc1ccnc(C(=O)c2ccc(F)c(F)c2)c1. The zero-order valence-corrected chi connectivity index (χ0v) is 9.08. The fourth-order valence-corrected chi connectivity index (χ4v) is 1.45. The summed E-state index contributed by atoms with van der Waals surface area (Å²) in [4.78, 5) is 15.8. The lowest BCUT2D eigenvalue weighted by molar-refractivity contribution is 0.103. The highest BCUT2D eigenvalue weighted by Crippen LogP contribution is 2.13. The second kappa shape index (κ2) is 4.41. The zero-order chi connectivity index (χ0) is 12.4. The highest BCUT2D eigenvalue weighted by atomic mass is 19.2. The Morgan fingerprint density at radius 3 is 2.53 bits per heavy atom. The van der Waals surface area contributed by atoms with Crippen molar-refractivity contribution in [3.8, 4) is 0 Å². The van der Waals surface area contributed by atoms with Crippen molar-refractivity contribution in [1.82, 2.24) is 4.98 Å². The number of pyridine rings is 1. The van der Waals surface area contributed by atoms with Gasteiger partial charge in [-0.1, -0.05) is 0 Å². The third-order valence-corrected chi connectivity index (χ3v) is 2.33. The van der Waals surface area contributed by atoms with Gasteiger partial charge in [-0.15, -0.1) is 0 Å². The van der Waals surface area contributed by atoms with Crippen molar-refractivity contribution in [1.29, 1.82) is 0 Å². The second-order valence-electron chi connectivity index (χ2n) is 3.68. The van der Waals surface area contributed by atoms with E-state index in [2.05, 4.69) is 4.98 Å². The number of carbonyl (C=O) groups is 1. The molecule has 0 saturated heterocycles. The van der Waals surface area contributed by atoms with Crippen LogP contribution in [0.3, 0.4) is 0 Å². The summed E-state index contributed by atoms with van der Waals surface area (Å²) >= 11 is 0. The van der Waals surface area contributed by atoms with Crippen molar-refractivity contribution in [3.63, 3.8) is 0 Å². The van der Waals surface area contributed by atoms with E-state index >= 15 is 0 Å². The first-order valence-corrected chi connectivity index (χ1v) is 5.00. The molecule has 2 nitrogen and oxygen atoms in total. The lowest BCUT2D eigenvalue weighted by atomic mass is 10.1. The molecule has 2 aromatic rings. The molecular weight excluding hydrogens is 224 g/mol. The zero-order valence-electron chi connectivity index (χ0n) is 9.08. The van der Waals surface area contributed by atoms with Gasteiger partial charge >= 0.3 is 0 Å². The van der Waals surface area contributed by atoms with Gasteiger partial charge in [0.1, 0.15) is 5.69 Å². The summed E-state index contributed by atoms with van der Waals surface area (Å²) in [6.45, 7) is 1.82. The summed E-state index contributed by atoms with van der Waals surface area (Å²) in [5, 5.41) is 0. The van der Waals surface area contributed by atoms with Crippen molar-refractivity contribution in [3.05, 3.63) is 65.0 Å². The molecule has 0 unspecified atom stereocenters. The normalized spacial score (nSPS) is 10.3. The van der Waals surface area contributed by atoms with E-state index in [9.17, 15) is 13.6 Å². The van der Waals surface area contributed by atoms with Crippen LogP contribution in [0, 0.1) is 18.6 Å². The van der Waals surface area contributed by atoms with Gasteiger partial charge in [0, 0.05) is 11.8 Å². The Labute approximate surface area is 96.9 Å². The van der Waals surface area contributed by atoms with Crippen LogP contribution < -0.4 is 0 Å². The van der Waals surface area contributed by atoms with Crippen molar-refractivity contribution < 1.29 is 13.6 Å². The quantitative estimate of drug-likeness (QED) is 0.746. The first-order valence-electron chi connectivity index (χ1n) is 5.00. The largest absolute Gasteiger partial charge is 0.287 e. The third kappa shape index (κ3) is 2.36. The van der Waals surface area contributed by atoms with Gasteiger partial charge in [0.2, 0.25) is 5.78 Å². The van der Waals surface area contributed by atoms with E-state index in [0.29, 0.717) is 0 Å². The van der Waals surface area contributed by atoms with Crippen LogP contribution in [-0.4, -0.2) is 10.8 Å². The third-order valence-electron chi connectivity index (χ3n) is 2.33. The maximum atomic E-state index is 13.0. The Bertz CT molecular complexity index is 581. The van der Waals surface area contributed by atoms with E-state index in [1.54, 1.807) is 12.1 Å². The molecule has 0 saturated carbocycles. The summed E-state index contributed by atoms with van der Waals surface area (Å²) in [7, 11) is 0. The van der Waals surface area contributed by atoms with Crippen molar-refractivity contribution in [2.45, 2.75) is 6.92 Å². The van der Waals surface area contributed by atoms with Crippen LogP contribution in [0.15, 0.2) is 36.5 Å². The highest BCUT2D eigenvalue weighted by molar-refractivity contribution is 6.07. The predicted octanol–water partition coefficient (Wildman–Crippen LogP) is 2.90. The molecular formula is C13H9F2NO. The Morgan fingerprint density at radius 1 is 1.12 bits per heavy atom. The summed E-state index contributed by atoms with van der Waals surface area (Å²) in [6, 6.07) is 6.40. The molecule has 0 aliphatic rings. The average molecular weight is 233 g/mol. The lowest BCUT2D eigenvalue weighted by Crippen LogP contribution is -2.05. The number of ketones is 1. The molecule has 86 valence electrons. The van der Waals surface area contributed by atoms with Gasteiger partial charge < -0.3 is 0 Å². The first-order chi connectivity index (χ1) is 8.08. The van der Waals surface area contributed by atoms with Crippen molar-refractivity contribution >= 4 is 5.78 Å². The summed E-state index contributed by atoms with van der Waals surface area (Å²) in [5.74, 6) is -2.44. The molecule has 0 aliphatic carbocycles. The molecule has 1 aromatic heterocycles. The van der Waals surface area contributed by atoms with E-state index in [0.717, 1.165) is 17.7 Å². The van der Waals surface area contributed by atoms with Crippen LogP contribution in [0.5, 0.6) is 0 Å². The van der Waals surface area contributed by atoms with Crippen LogP contribution in [-0.2, 0) is 0 Å². The van der Waals surface area contributed by atoms with E-state index < -0.39 is 17.4 Å². The Hall–Kier alpha value is -2.10. The predicted molar refractivity (Wildman–Crippen MR) is 58.8 cm³/mol. The van der Waals surface area contributed by atoms with Crippen molar-refractivity contribution in [2.75, 3.05) is 0 Å². The number of aromatic nitrogens is 1. The van der Waals surface area contributed by atoms with Crippen LogP contribution in [0.2, 0.25) is 0 Å². The Kier molecular flexibility index (Phi) is 2.95. The number of carbonyl (C=O) groups excluding carboxylic acids is 1. The van der Waals surface area contributed by atoms with Gasteiger partial charge in [-0.3, -0.25) is 9.78 Å². The van der Waals surface area contributed by atoms with Gasteiger partial charge in [-0.25, -0.2) is 8.78 Å². The average Bonchev–Trinajstić information content (AvgIpc) is 2.32. The molecule has 1 aromatic carbocycles. The molecule has 0 fully saturated rings. The van der Waals surface area contributed by atoms with Gasteiger partial charge in [0.15, 0.2) is 11.6 Å². The molecule has 2 rings (SSSR count). The molecule has 17 heavy (non-hydrogen) atoms.